The summed E-state index contributed by atoms with van der Waals surface area (Å²) < 4.78 is 5.45. The molecule has 0 unspecified atom stereocenters. The average molecular weight is 547 g/mol. The van der Waals surface area contributed by atoms with Crippen molar-refractivity contribution in [2.45, 2.75) is 0 Å². The largest absolute Gasteiger partial charge is 0.180 e. The van der Waals surface area contributed by atoms with Crippen molar-refractivity contribution < 1.29 is 0 Å². The highest BCUT2D eigenvalue weighted by Crippen LogP contribution is 2.36. The van der Waals surface area contributed by atoms with E-state index in [1.807, 2.05) is 22.7 Å². The quantitative estimate of drug-likeness (QED) is 0.194. The van der Waals surface area contributed by atoms with Crippen molar-refractivity contribution in [3.05, 3.63) is 133 Å². The van der Waals surface area contributed by atoms with Crippen LogP contribution in [0.3, 0.4) is 0 Å². The van der Waals surface area contributed by atoms with Gasteiger partial charge in [-0.3, -0.25) is 0 Å². The van der Waals surface area contributed by atoms with Gasteiger partial charge in [0.2, 0.25) is 0 Å². The van der Waals surface area contributed by atoms with Gasteiger partial charge in [0.1, 0.15) is 0 Å². The summed E-state index contributed by atoms with van der Waals surface area (Å²) in [4.78, 5) is 0. The number of hydrogen-bond acceptors (Lipinski definition) is 2. The smallest absolute Gasteiger partial charge is 0.135 e. The summed E-state index contributed by atoms with van der Waals surface area (Å²) in [5, 5.41) is 11.4. The van der Waals surface area contributed by atoms with Gasteiger partial charge in [0.25, 0.3) is 0 Å². The number of hydrogen-bond donors (Lipinski definition) is 0. The van der Waals surface area contributed by atoms with Crippen molar-refractivity contribution in [2.24, 2.45) is 0 Å². The molecule has 0 fully saturated rings. The van der Waals surface area contributed by atoms with Crippen LogP contribution >= 0.6 is 22.7 Å². The second-order valence-electron chi connectivity index (χ2n) is 10.5. The van der Waals surface area contributed by atoms with E-state index in [-0.39, 0.29) is 0 Å². The lowest BCUT2D eigenvalue weighted by atomic mass is 10.1. The molecule has 2 aromatic heterocycles. The molecule has 0 aliphatic carbocycles. The fraction of sp³-hybridized carbons (Fsp3) is 0. The lowest BCUT2D eigenvalue weighted by Gasteiger charge is -2.31. The third kappa shape index (κ3) is 2.87. The molecule has 0 saturated carbocycles. The Morgan fingerprint density at radius 3 is 1.28 bits per heavy atom. The van der Waals surface area contributed by atoms with Gasteiger partial charge < -0.3 is 0 Å². The predicted molar refractivity (Wildman–Crippen MR) is 175 cm³/mol. The van der Waals surface area contributed by atoms with Crippen LogP contribution in [0, 0.1) is 0 Å². The van der Waals surface area contributed by atoms with Gasteiger partial charge >= 0.3 is 0 Å². The van der Waals surface area contributed by atoms with Crippen LogP contribution in [0.5, 0.6) is 0 Å². The van der Waals surface area contributed by atoms with Crippen molar-refractivity contribution in [3.8, 4) is 11.1 Å². The second-order valence-corrected chi connectivity index (χ2v) is 16.4. The standard InChI is InChI=1S/C36H22S2Si/c1-5-13-31-25(9-1)29-21-23(17-19-33(29)37-31)39(35-15-7-3-11-27(35)28-12-4-8-16-36(28)39)24-18-20-34-30(22-24)26-10-2-6-14-32(26)38-34/h1-22H. The number of thiophene rings is 2. The molecule has 182 valence electrons. The topological polar surface area (TPSA) is 0 Å². The van der Waals surface area contributed by atoms with Crippen LogP contribution < -0.4 is 20.7 Å². The van der Waals surface area contributed by atoms with E-state index in [0.717, 1.165) is 0 Å². The minimum absolute atomic E-state index is 1.36. The molecule has 3 heteroatoms. The normalized spacial score (nSPS) is 13.8. The molecule has 3 heterocycles. The summed E-state index contributed by atoms with van der Waals surface area (Å²) in [6.07, 6.45) is 0. The Kier molecular flexibility index (Phi) is 4.48. The molecule has 0 spiro atoms. The average Bonchev–Trinajstić information content (AvgIpc) is 3.65. The Morgan fingerprint density at radius 1 is 0.359 bits per heavy atom. The molecule has 9 rings (SSSR count). The highest BCUT2D eigenvalue weighted by molar-refractivity contribution is 7.27. The Hall–Kier alpha value is -4.02. The molecule has 8 aromatic rings. The van der Waals surface area contributed by atoms with E-state index in [4.69, 9.17) is 0 Å². The Bertz CT molecular complexity index is 2090. The van der Waals surface area contributed by atoms with Crippen molar-refractivity contribution in [1.82, 2.24) is 0 Å². The van der Waals surface area contributed by atoms with Gasteiger partial charge in [-0.05, 0) is 56.1 Å². The third-order valence-corrected chi connectivity index (χ3v) is 15.7. The first-order chi connectivity index (χ1) is 19.3. The first kappa shape index (κ1) is 21.9. The first-order valence-corrected chi connectivity index (χ1v) is 17.0. The van der Waals surface area contributed by atoms with Crippen LogP contribution in [-0.2, 0) is 0 Å². The molecule has 0 atom stereocenters. The highest BCUT2D eigenvalue weighted by atomic mass is 32.1. The van der Waals surface area contributed by atoms with Gasteiger partial charge in [-0.1, -0.05) is 109 Å². The van der Waals surface area contributed by atoms with Crippen LogP contribution in [0.1, 0.15) is 0 Å². The number of fused-ring (bicyclic) bond motifs is 9. The van der Waals surface area contributed by atoms with Crippen LogP contribution in [0.25, 0.3) is 51.5 Å². The lowest BCUT2D eigenvalue weighted by Crippen LogP contribution is -2.72. The molecule has 0 N–H and O–H groups in total. The third-order valence-electron chi connectivity index (χ3n) is 8.57. The zero-order valence-electron chi connectivity index (χ0n) is 21.0. The predicted octanol–water partition coefficient (Wildman–Crippen LogP) is 7.78. The first-order valence-electron chi connectivity index (χ1n) is 13.4. The molecule has 0 bridgehead atoms. The summed E-state index contributed by atoms with van der Waals surface area (Å²) in [5.74, 6) is 0. The summed E-state index contributed by atoms with van der Waals surface area (Å²) in [5.41, 5.74) is 2.79. The van der Waals surface area contributed by atoms with E-state index in [9.17, 15) is 0 Å². The van der Waals surface area contributed by atoms with Gasteiger partial charge in [0, 0.05) is 40.3 Å². The molecule has 0 amide bonds. The minimum atomic E-state index is -2.57. The highest BCUT2D eigenvalue weighted by Gasteiger charge is 2.48. The van der Waals surface area contributed by atoms with Crippen molar-refractivity contribution in [2.75, 3.05) is 0 Å². The number of benzene rings is 6. The van der Waals surface area contributed by atoms with E-state index >= 15 is 0 Å². The molecule has 39 heavy (non-hydrogen) atoms. The molecule has 0 saturated heterocycles. The van der Waals surface area contributed by atoms with Crippen LogP contribution in [0.2, 0.25) is 0 Å². The van der Waals surface area contributed by atoms with Crippen molar-refractivity contribution >= 4 is 91.8 Å². The van der Waals surface area contributed by atoms with E-state index < -0.39 is 8.07 Å². The van der Waals surface area contributed by atoms with Gasteiger partial charge in [-0.15, -0.1) is 22.7 Å². The fourth-order valence-corrected chi connectivity index (χ4v) is 14.3. The molecule has 0 radical (unpaired) electrons. The molecule has 1 aliphatic heterocycles. The minimum Gasteiger partial charge on any atom is -0.135 e. The molecule has 6 aromatic carbocycles. The van der Waals surface area contributed by atoms with Gasteiger partial charge in [0.05, 0.1) is 0 Å². The van der Waals surface area contributed by atoms with Crippen LogP contribution in [0.4, 0.5) is 0 Å². The zero-order chi connectivity index (χ0) is 25.6. The van der Waals surface area contributed by atoms with Gasteiger partial charge in [-0.2, -0.15) is 0 Å². The van der Waals surface area contributed by atoms with E-state index in [2.05, 4.69) is 133 Å². The van der Waals surface area contributed by atoms with Gasteiger partial charge in [-0.25, -0.2) is 0 Å². The van der Waals surface area contributed by atoms with E-state index in [1.165, 1.54) is 72.2 Å². The fourth-order valence-electron chi connectivity index (χ4n) is 6.94. The maximum Gasteiger partial charge on any atom is 0.180 e. The van der Waals surface area contributed by atoms with Gasteiger partial charge in [0.15, 0.2) is 8.07 Å². The SMILES string of the molecule is c1ccc2c(c1)-c1ccccc1[Si]2(c1ccc2sc3ccccc3c2c1)c1ccc2sc3ccccc3c2c1. The molecule has 1 aliphatic rings. The van der Waals surface area contributed by atoms with E-state index in [0.29, 0.717) is 0 Å². The Morgan fingerprint density at radius 2 is 0.769 bits per heavy atom. The van der Waals surface area contributed by atoms with Crippen LogP contribution in [0.15, 0.2) is 133 Å². The lowest BCUT2D eigenvalue weighted by molar-refractivity contribution is 1.71. The Labute approximate surface area is 235 Å². The molecular weight excluding hydrogens is 525 g/mol. The maximum absolute atomic E-state index is 2.57. The van der Waals surface area contributed by atoms with Crippen molar-refractivity contribution in [3.63, 3.8) is 0 Å². The summed E-state index contributed by atoms with van der Waals surface area (Å²) in [7, 11) is -2.57. The monoisotopic (exact) mass is 546 g/mol. The summed E-state index contributed by atoms with van der Waals surface area (Å²) in [6, 6.07) is 50.8. The zero-order valence-corrected chi connectivity index (χ0v) is 23.7. The molecule has 0 nitrogen and oxygen atoms in total. The van der Waals surface area contributed by atoms with E-state index in [1.54, 1.807) is 0 Å². The Balaban J connectivity index is 1.45. The van der Waals surface area contributed by atoms with Crippen molar-refractivity contribution in [1.29, 1.82) is 0 Å². The van der Waals surface area contributed by atoms with Crippen LogP contribution in [-0.4, -0.2) is 8.07 Å². The molecular formula is C36H22S2Si. The number of rotatable bonds is 2. The maximum atomic E-state index is 2.54. The summed E-state index contributed by atoms with van der Waals surface area (Å²) in [6.45, 7) is 0. The second kappa shape index (κ2) is 8.00. The summed E-state index contributed by atoms with van der Waals surface area (Å²) >= 11 is 3.80.